The fourth-order valence-corrected chi connectivity index (χ4v) is 3.50. The van der Waals surface area contributed by atoms with Crippen molar-refractivity contribution in [3.63, 3.8) is 0 Å². The number of halogens is 1. The second kappa shape index (κ2) is 7.40. The highest BCUT2D eigenvalue weighted by molar-refractivity contribution is 9.09. The molecule has 1 rings (SSSR count). The lowest BCUT2D eigenvalue weighted by Crippen LogP contribution is -2.42. The van der Waals surface area contributed by atoms with Crippen molar-refractivity contribution >= 4 is 21.8 Å². The summed E-state index contributed by atoms with van der Waals surface area (Å²) in [6, 6.07) is 0. The van der Waals surface area contributed by atoms with Gasteiger partial charge in [-0.3, -0.25) is 4.79 Å². The summed E-state index contributed by atoms with van der Waals surface area (Å²) >= 11 is 3.64. The quantitative estimate of drug-likeness (QED) is 0.741. The van der Waals surface area contributed by atoms with E-state index in [9.17, 15) is 4.79 Å². The number of rotatable bonds is 6. The Labute approximate surface area is 114 Å². The second-order valence-corrected chi connectivity index (χ2v) is 5.99. The maximum atomic E-state index is 12.0. The third kappa shape index (κ3) is 4.27. The van der Waals surface area contributed by atoms with Crippen molar-refractivity contribution in [2.75, 3.05) is 11.9 Å². The predicted molar refractivity (Wildman–Crippen MR) is 76.4 cm³/mol. The summed E-state index contributed by atoms with van der Waals surface area (Å²) in [5, 5.41) is 4.19. The van der Waals surface area contributed by atoms with Gasteiger partial charge in [0.25, 0.3) is 0 Å². The fraction of sp³-hybridized carbons (Fsp3) is 0.929. The molecule has 1 fully saturated rings. The molecule has 0 bridgehead atoms. The number of amides is 1. The van der Waals surface area contributed by atoms with E-state index in [1.165, 1.54) is 32.1 Å². The van der Waals surface area contributed by atoms with Crippen molar-refractivity contribution in [3.8, 4) is 0 Å². The smallest absolute Gasteiger partial charge is 0.223 e. The van der Waals surface area contributed by atoms with Crippen molar-refractivity contribution in [3.05, 3.63) is 0 Å². The first-order valence-corrected chi connectivity index (χ1v) is 8.13. The average Bonchev–Trinajstić information content (AvgIpc) is 2.39. The minimum Gasteiger partial charge on any atom is -0.355 e. The molecule has 0 atom stereocenters. The highest BCUT2D eigenvalue weighted by atomic mass is 79.9. The first-order chi connectivity index (χ1) is 8.17. The maximum Gasteiger partial charge on any atom is 0.223 e. The van der Waals surface area contributed by atoms with Gasteiger partial charge in [0.1, 0.15) is 0 Å². The summed E-state index contributed by atoms with van der Waals surface area (Å²) in [7, 11) is 0. The Kier molecular flexibility index (Phi) is 6.53. The van der Waals surface area contributed by atoms with Crippen LogP contribution in [0.5, 0.6) is 0 Å². The summed E-state index contributed by atoms with van der Waals surface area (Å²) in [4.78, 5) is 12.0. The molecule has 17 heavy (non-hydrogen) atoms. The summed E-state index contributed by atoms with van der Waals surface area (Å²) in [5.74, 6) is 0.451. The molecule has 0 unspecified atom stereocenters. The lowest BCUT2D eigenvalue weighted by molar-refractivity contribution is -0.125. The molecular formula is C14H26BrNO. The van der Waals surface area contributed by atoms with E-state index in [1.807, 2.05) is 0 Å². The lowest BCUT2D eigenvalue weighted by Gasteiger charge is -2.36. The zero-order valence-electron chi connectivity index (χ0n) is 11.2. The molecular weight excluding hydrogens is 278 g/mol. The van der Waals surface area contributed by atoms with Crippen LogP contribution in [0.25, 0.3) is 0 Å². The van der Waals surface area contributed by atoms with Gasteiger partial charge in [-0.05, 0) is 31.1 Å². The van der Waals surface area contributed by atoms with Gasteiger partial charge in [-0.1, -0.05) is 49.0 Å². The van der Waals surface area contributed by atoms with Crippen LogP contribution in [0.2, 0.25) is 0 Å². The summed E-state index contributed by atoms with van der Waals surface area (Å²) in [5.41, 5.74) is 0.319. The molecule has 0 saturated heterocycles. The largest absolute Gasteiger partial charge is 0.355 e. The number of nitrogens with one attached hydrogen (secondary N) is 1. The molecule has 1 aliphatic carbocycles. The number of hydrogen-bond acceptors (Lipinski definition) is 1. The van der Waals surface area contributed by atoms with Crippen LogP contribution >= 0.6 is 15.9 Å². The standard InChI is InChI=1S/C14H26BrNO/c1-3-12(4-2)13(17)16-11-14(10-15)8-6-5-7-9-14/h12H,3-11H2,1-2H3,(H,16,17). The van der Waals surface area contributed by atoms with Crippen LogP contribution in [-0.4, -0.2) is 17.8 Å². The number of alkyl halides is 1. The number of hydrogen-bond donors (Lipinski definition) is 1. The minimum absolute atomic E-state index is 0.200. The maximum absolute atomic E-state index is 12.0. The van der Waals surface area contributed by atoms with Gasteiger partial charge in [0.15, 0.2) is 0 Å². The summed E-state index contributed by atoms with van der Waals surface area (Å²) in [6.45, 7) is 5.04. The molecule has 0 aromatic heterocycles. The molecule has 0 aromatic carbocycles. The van der Waals surface area contributed by atoms with E-state index in [0.29, 0.717) is 5.41 Å². The van der Waals surface area contributed by atoms with Gasteiger partial charge in [0.2, 0.25) is 5.91 Å². The third-order valence-electron chi connectivity index (χ3n) is 4.19. The Morgan fingerprint density at radius 2 is 1.82 bits per heavy atom. The van der Waals surface area contributed by atoms with Gasteiger partial charge in [-0.2, -0.15) is 0 Å². The van der Waals surface area contributed by atoms with Gasteiger partial charge in [0.05, 0.1) is 0 Å². The monoisotopic (exact) mass is 303 g/mol. The highest BCUT2D eigenvalue weighted by Crippen LogP contribution is 2.37. The van der Waals surface area contributed by atoms with Crippen molar-refractivity contribution < 1.29 is 4.79 Å². The van der Waals surface area contributed by atoms with Crippen molar-refractivity contribution in [2.24, 2.45) is 11.3 Å². The van der Waals surface area contributed by atoms with E-state index in [0.717, 1.165) is 24.7 Å². The van der Waals surface area contributed by atoms with Crippen LogP contribution in [0, 0.1) is 11.3 Å². The van der Waals surface area contributed by atoms with Crippen LogP contribution in [-0.2, 0) is 4.79 Å². The Bertz CT molecular complexity index is 232. The average molecular weight is 304 g/mol. The Morgan fingerprint density at radius 3 is 2.29 bits per heavy atom. The first kappa shape index (κ1) is 15.0. The Hall–Kier alpha value is -0.0500. The van der Waals surface area contributed by atoms with Crippen LogP contribution < -0.4 is 5.32 Å². The SMILES string of the molecule is CCC(CC)C(=O)NCC1(CBr)CCCCC1. The van der Waals surface area contributed by atoms with Crippen LogP contribution in [0.3, 0.4) is 0 Å². The van der Waals surface area contributed by atoms with E-state index >= 15 is 0 Å². The van der Waals surface area contributed by atoms with Crippen LogP contribution in [0.15, 0.2) is 0 Å². The van der Waals surface area contributed by atoms with E-state index in [-0.39, 0.29) is 11.8 Å². The fourth-order valence-electron chi connectivity index (χ4n) is 2.74. The van der Waals surface area contributed by atoms with E-state index < -0.39 is 0 Å². The second-order valence-electron chi connectivity index (χ2n) is 5.43. The van der Waals surface area contributed by atoms with E-state index in [1.54, 1.807) is 0 Å². The molecule has 0 radical (unpaired) electrons. The number of carbonyl (C=O) groups is 1. The molecule has 100 valence electrons. The molecule has 3 heteroatoms. The molecule has 0 aromatic rings. The highest BCUT2D eigenvalue weighted by Gasteiger charge is 2.31. The van der Waals surface area contributed by atoms with Crippen molar-refractivity contribution in [1.82, 2.24) is 5.32 Å². The van der Waals surface area contributed by atoms with Crippen molar-refractivity contribution in [1.29, 1.82) is 0 Å². The number of carbonyl (C=O) groups excluding carboxylic acids is 1. The Morgan fingerprint density at radius 1 is 1.24 bits per heavy atom. The minimum atomic E-state index is 0.200. The predicted octanol–water partition coefficient (Wildman–Crippen LogP) is 3.88. The van der Waals surface area contributed by atoms with Gasteiger partial charge >= 0.3 is 0 Å². The van der Waals surface area contributed by atoms with E-state index in [2.05, 4.69) is 35.1 Å². The molecule has 1 amide bonds. The van der Waals surface area contributed by atoms with Crippen molar-refractivity contribution in [2.45, 2.75) is 58.8 Å². The third-order valence-corrected chi connectivity index (χ3v) is 5.38. The van der Waals surface area contributed by atoms with Gasteiger partial charge in [0, 0.05) is 17.8 Å². The van der Waals surface area contributed by atoms with Gasteiger partial charge in [-0.25, -0.2) is 0 Å². The summed E-state index contributed by atoms with van der Waals surface area (Å²) < 4.78 is 0. The molecule has 1 N–H and O–H groups in total. The topological polar surface area (TPSA) is 29.1 Å². The molecule has 1 saturated carbocycles. The zero-order valence-corrected chi connectivity index (χ0v) is 12.8. The Balaban J connectivity index is 2.44. The molecule has 0 spiro atoms. The lowest BCUT2D eigenvalue weighted by atomic mass is 9.75. The van der Waals surface area contributed by atoms with E-state index in [4.69, 9.17) is 0 Å². The first-order valence-electron chi connectivity index (χ1n) is 7.01. The van der Waals surface area contributed by atoms with Crippen LogP contribution in [0.4, 0.5) is 0 Å². The van der Waals surface area contributed by atoms with Gasteiger partial charge < -0.3 is 5.32 Å². The molecule has 1 aliphatic rings. The molecule has 2 nitrogen and oxygen atoms in total. The van der Waals surface area contributed by atoms with Gasteiger partial charge in [-0.15, -0.1) is 0 Å². The summed E-state index contributed by atoms with van der Waals surface area (Å²) in [6.07, 6.45) is 8.38. The van der Waals surface area contributed by atoms with Crippen LogP contribution in [0.1, 0.15) is 58.8 Å². The molecule has 0 aliphatic heterocycles. The normalized spacial score (nSPS) is 19.3. The zero-order chi connectivity index (χ0) is 12.7. The molecule has 0 heterocycles.